The van der Waals surface area contributed by atoms with Crippen LogP contribution in [0.2, 0.25) is 5.02 Å². The molecule has 1 amide bonds. The zero-order valence-electron chi connectivity index (χ0n) is 20.2. The van der Waals surface area contributed by atoms with Gasteiger partial charge in [-0.25, -0.2) is 4.98 Å². The summed E-state index contributed by atoms with van der Waals surface area (Å²) in [7, 11) is 0. The second-order valence-electron chi connectivity index (χ2n) is 8.99. The van der Waals surface area contributed by atoms with Gasteiger partial charge >= 0.3 is 6.18 Å². The predicted octanol–water partition coefficient (Wildman–Crippen LogP) is 7.62. The van der Waals surface area contributed by atoms with Gasteiger partial charge in [-0.2, -0.15) is 13.2 Å². The van der Waals surface area contributed by atoms with Crippen LogP contribution in [0, 0.1) is 0 Å². The molecule has 9 heteroatoms. The molecule has 5 nitrogen and oxygen atoms in total. The van der Waals surface area contributed by atoms with E-state index in [1.54, 1.807) is 41.8 Å². The van der Waals surface area contributed by atoms with Crippen molar-refractivity contribution in [3.63, 3.8) is 0 Å². The van der Waals surface area contributed by atoms with E-state index in [2.05, 4.69) is 15.3 Å². The molecule has 2 N–H and O–H groups in total. The number of para-hydroxylation sites is 1. The van der Waals surface area contributed by atoms with Gasteiger partial charge < -0.3 is 14.9 Å². The van der Waals surface area contributed by atoms with Crippen molar-refractivity contribution in [2.45, 2.75) is 38.9 Å². The number of aromatic amines is 1. The van der Waals surface area contributed by atoms with Crippen LogP contribution in [0.25, 0.3) is 27.6 Å². The Balaban J connectivity index is 1.51. The van der Waals surface area contributed by atoms with Crippen molar-refractivity contribution in [1.29, 1.82) is 0 Å². The van der Waals surface area contributed by atoms with Gasteiger partial charge in [-0.15, -0.1) is 0 Å². The monoisotopic (exact) mass is 524 g/mol. The Bertz CT molecular complexity index is 1620. The Morgan fingerprint density at radius 2 is 1.89 bits per heavy atom. The fourth-order valence-electron chi connectivity index (χ4n) is 4.59. The SMILES string of the molecule is CCCc1cc2ccccc2n1-c1ccc(C(=O)N[C@@H](C)c2nc3ccc(Cl)cc3[nH]2)cc1C(F)(F)F. The highest BCUT2D eigenvalue weighted by Gasteiger charge is 2.35. The summed E-state index contributed by atoms with van der Waals surface area (Å²) in [6.45, 7) is 3.69. The lowest BCUT2D eigenvalue weighted by Gasteiger charge is -2.19. The molecule has 1 atom stereocenters. The highest BCUT2D eigenvalue weighted by atomic mass is 35.5. The third kappa shape index (κ3) is 4.81. The number of carbonyl (C=O) groups is 1. The van der Waals surface area contributed by atoms with Gasteiger partial charge in [-0.05, 0) is 61.9 Å². The smallest absolute Gasteiger partial charge is 0.342 e. The topological polar surface area (TPSA) is 62.7 Å². The van der Waals surface area contributed by atoms with Crippen LogP contribution in [0.15, 0.2) is 66.7 Å². The van der Waals surface area contributed by atoms with Crippen molar-refractivity contribution < 1.29 is 18.0 Å². The van der Waals surface area contributed by atoms with Crippen molar-refractivity contribution in [3.05, 3.63) is 94.4 Å². The maximum atomic E-state index is 14.3. The van der Waals surface area contributed by atoms with Crippen LogP contribution < -0.4 is 5.32 Å². The molecule has 0 spiro atoms. The number of aromatic nitrogens is 3. The summed E-state index contributed by atoms with van der Waals surface area (Å²) in [5.74, 6) is -0.157. The number of nitrogens with one attached hydrogen (secondary N) is 2. The Morgan fingerprint density at radius 1 is 1.11 bits per heavy atom. The zero-order chi connectivity index (χ0) is 26.3. The van der Waals surface area contributed by atoms with Crippen molar-refractivity contribution in [1.82, 2.24) is 19.9 Å². The van der Waals surface area contributed by atoms with Crippen LogP contribution in [-0.2, 0) is 12.6 Å². The number of fused-ring (bicyclic) bond motifs is 2. The van der Waals surface area contributed by atoms with Crippen LogP contribution in [0.5, 0.6) is 0 Å². The average Bonchev–Trinajstić information content (AvgIpc) is 3.44. The molecule has 2 heterocycles. The molecule has 5 rings (SSSR count). The third-order valence-corrected chi connectivity index (χ3v) is 6.55. The van der Waals surface area contributed by atoms with Crippen molar-refractivity contribution in [3.8, 4) is 5.69 Å². The lowest BCUT2D eigenvalue weighted by molar-refractivity contribution is -0.137. The predicted molar refractivity (Wildman–Crippen MR) is 139 cm³/mol. The van der Waals surface area contributed by atoms with Gasteiger partial charge in [0, 0.05) is 21.7 Å². The highest BCUT2D eigenvalue weighted by Crippen LogP contribution is 2.37. The molecule has 0 saturated heterocycles. The van der Waals surface area contributed by atoms with Crippen LogP contribution in [0.1, 0.15) is 53.7 Å². The largest absolute Gasteiger partial charge is 0.418 e. The number of hydrogen-bond donors (Lipinski definition) is 2. The molecular formula is C28H24ClF3N4O. The second kappa shape index (κ2) is 9.59. The van der Waals surface area contributed by atoms with Crippen LogP contribution in [-0.4, -0.2) is 20.4 Å². The second-order valence-corrected chi connectivity index (χ2v) is 9.42. The number of benzene rings is 3. The number of rotatable bonds is 6. The van der Waals surface area contributed by atoms with Gasteiger partial charge in [0.05, 0.1) is 33.8 Å². The summed E-state index contributed by atoms with van der Waals surface area (Å²) in [4.78, 5) is 20.6. The number of H-pyrrole nitrogens is 1. The molecule has 0 bridgehead atoms. The molecule has 0 unspecified atom stereocenters. The summed E-state index contributed by atoms with van der Waals surface area (Å²) < 4.78 is 44.6. The quantitative estimate of drug-likeness (QED) is 0.240. The number of amides is 1. The Morgan fingerprint density at radius 3 is 2.65 bits per heavy atom. The van der Waals surface area contributed by atoms with E-state index in [-0.39, 0.29) is 11.3 Å². The first-order valence-corrected chi connectivity index (χ1v) is 12.3. The van der Waals surface area contributed by atoms with E-state index in [4.69, 9.17) is 11.6 Å². The lowest BCUT2D eigenvalue weighted by Crippen LogP contribution is -2.28. The van der Waals surface area contributed by atoms with Gasteiger partial charge in [0.15, 0.2) is 0 Å². The normalized spacial score (nSPS) is 12.8. The number of nitrogens with zero attached hydrogens (tertiary/aromatic N) is 2. The minimum Gasteiger partial charge on any atom is -0.342 e. The number of halogens is 4. The average molecular weight is 525 g/mol. The standard InChI is InChI=1S/C28H24ClF3N4O/c1-3-6-20-13-17-7-4-5-8-24(17)36(20)25-12-9-18(14-21(25)28(30,31)32)27(37)33-16(2)26-34-22-11-10-19(29)15-23(22)35-26/h4-5,7-16H,3,6H2,1-2H3,(H,33,37)(H,34,35)/t16-/m0/s1. The van der Waals surface area contributed by atoms with Crippen LogP contribution >= 0.6 is 11.6 Å². The maximum absolute atomic E-state index is 14.3. The van der Waals surface area contributed by atoms with E-state index >= 15 is 0 Å². The Kier molecular flexibility index (Phi) is 6.45. The number of imidazole rings is 1. The van der Waals surface area contributed by atoms with Gasteiger partial charge in [-0.1, -0.05) is 43.1 Å². The third-order valence-electron chi connectivity index (χ3n) is 6.32. The van der Waals surface area contributed by atoms with E-state index in [1.165, 1.54) is 12.1 Å². The van der Waals surface area contributed by atoms with Gasteiger partial charge in [0.1, 0.15) is 5.82 Å². The van der Waals surface area contributed by atoms with E-state index < -0.39 is 23.7 Å². The van der Waals surface area contributed by atoms with Gasteiger partial charge in [0.25, 0.3) is 5.91 Å². The lowest BCUT2D eigenvalue weighted by atomic mass is 10.1. The van der Waals surface area contributed by atoms with E-state index in [9.17, 15) is 18.0 Å². The van der Waals surface area contributed by atoms with Gasteiger partial charge in [-0.3, -0.25) is 4.79 Å². The number of carbonyl (C=O) groups excluding carboxylic acids is 1. The molecule has 0 radical (unpaired) electrons. The molecule has 190 valence electrons. The molecule has 0 fully saturated rings. The first-order valence-electron chi connectivity index (χ1n) is 11.9. The van der Waals surface area contributed by atoms with Crippen molar-refractivity contribution in [2.75, 3.05) is 0 Å². The maximum Gasteiger partial charge on any atom is 0.418 e. The van der Waals surface area contributed by atoms with Crippen LogP contribution in [0.4, 0.5) is 13.2 Å². The summed E-state index contributed by atoms with van der Waals surface area (Å²) in [5.41, 5.74) is 1.88. The summed E-state index contributed by atoms with van der Waals surface area (Å²) in [5, 5.41) is 4.14. The molecule has 0 aliphatic heterocycles. The fraction of sp³-hybridized carbons (Fsp3) is 0.214. The minimum atomic E-state index is -4.66. The van der Waals surface area contributed by atoms with Crippen molar-refractivity contribution in [2.24, 2.45) is 0 Å². The summed E-state index contributed by atoms with van der Waals surface area (Å²) in [6, 6.07) is 17.6. The van der Waals surface area contributed by atoms with E-state index in [0.29, 0.717) is 33.8 Å². The molecule has 0 aliphatic rings. The first kappa shape index (κ1) is 24.9. The summed E-state index contributed by atoms with van der Waals surface area (Å²) in [6.07, 6.45) is -3.26. The number of alkyl halides is 3. The Hall–Kier alpha value is -3.78. The van der Waals surface area contributed by atoms with Crippen LogP contribution in [0.3, 0.4) is 0 Å². The van der Waals surface area contributed by atoms with E-state index in [1.807, 2.05) is 25.1 Å². The Labute approximate surface area is 216 Å². The first-order chi connectivity index (χ1) is 17.7. The molecule has 5 aromatic rings. The molecule has 2 aromatic heterocycles. The number of aryl methyl sites for hydroxylation is 1. The molecule has 3 aromatic carbocycles. The molecule has 0 aliphatic carbocycles. The molecule has 0 saturated carbocycles. The highest BCUT2D eigenvalue weighted by molar-refractivity contribution is 6.31. The minimum absolute atomic E-state index is 0.00379. The van der Waals surface area contributed by atoms with Gasteiger partial charge in [0.2, 0.25) is 0 Å². The van der Waals surface area contributed by atoms with Crippen molar-refractivity contribution >= 4 is 39.4 Å². The number of hydrogen-bond acceptors (Lipinski definition) is 2. The summed E-state index contributed by atoms with van der Waals surface area (Å²) >= 11 is 6.02. The molecular weight excluding hydrogens is 501 g/mol. The fourth-order valence-corrected chi connectivity index (χ4v) is 4.76. The molecule has 37 heavy (non-hydrogen) atoms. The zero-order valence-corrected chi connectivity index (χ0v) is 20.9. The van der Waals surface area contributed by atoms with E-state index in [0.717, 1.165) is 23.6 Å².